The summed E-state index contributed by atoms with van der Waals surface area (Å²) < 4.78 is 68.3. The minimum Gasteiger partial charge on any atom is -0.404 e. The van der Waals surface area contributed by atoms with E-state index in [4.69, 9.17) is 0 Å². The zero-order chi connectivity index (χ0) is 18.7. The fourth-order valence-corrected chi connectivity index (χ4v) is 4.57. The number of alkyl halides is 3. The molecule has 5 nitrogen and oxygen atoms in total. The highest BCUT2D eigenvalue weighted by molar-refractivity contribution is 7.89. The number of benzene rings is 1. The second-order valence-electron chi connectivity index (χ2n) is 6.09. The first-order chi connectivity index (χ1) is 11.6. The molecule has 1 aliphatic rings. The molecule has 1 aliphatic heterocycles. The van der Waals surface area contributed by atoms with Crippen LogP contribution in [0.1, 0.15) is 26.2 Å². The largest absolute Gasteiger partial charge is 0.573 e. The first-order valence-corrected chi connectivity index (χ1v) is 9.64. The van der Waals surface area contributed by atoms with Crippen molar-refractivity contribution >= 4 is 10.0 Å². The van der Waals surface area contributed by atoms with Crippen molar-refractivity contribution in [2.75, 3.05) is 26.7 Å². The molecule has 0 unspecified atom stereocenters. The molecule has 0 spiro atoms. The van der Waals surface area contributed by atoms with Crippen LogP contribution in [0.15, 0.2) is 29.2 Å². The summed E-state index contributed by atoms with van der Waals surface area (Å²) in [6.45, 7) is 4.60. The summed E-state index contributed by atoms with van der Waals surface area (Å²) >= 11 is 0. The van der Waals surface area contributed by atoms with Gasteiger partial charge in [0.15, 0.2) is 0 Å². The van der Waals surface area contributed by atoms with Gasteiger partial charge in [-0.3, -0.25) is 0 Å². The van der Waals surface area contributed by atoms with E-state index < -0.39 is 27.0 Å². The zero-order valence-corrected chi connectivity index (χ0v) is 15.1. The van der Waals surface area contributed by atoms with Gasteiger partial charge in [0.05, 0.1) is 0 Å². The number of hydrogen-bond donors (Lipinski definition) is 0. The third kappa shape index (κ3) is 5.08. The number of piperidine rings is 1. The van der Waals surface area contributed by atoms with E-state index in [2.05, 4.69) is 16.6 Å². The number of nitrogens with zero attached hydrogens (tertiary/aromatic N) is 2. The second kappa shape index (κ2) is 7.92. The van der Waals surface area contributed by atoms with E-state index in [0.29, 0.717) is 12.8 Å². The van der Waals surface area contributed by atoms with E-state index in [0.717, 1.165) is 38.2 Å². The zero-order valence-electron chi connectivity index (χ0n) is 14.3. The summed E-state index contributed by atoms with van der Waals surface area (Å²) in [4.78, 5) is 1.79. The molecule has 1 aromatic carbocycles. The van der Waals surface area contributed by atoms with Gasteiger partial charge in [-0.2, -0.15) is 4.31 Å². The third-order valence-corrected chi connectivity index (χ3v) is 6.29. The molecule has 0 atom stereocenters. The molecule has 1 fully saturated rings. The molecule has 1 saturated heterocycles. The van der Waals surface area contributed by atoms with Crippen molar-refractivity contribution in [3.8, 4) is 5.75 Å². The van der Waals surface area contributed by atoms with E-state index in [1.54, 1.807) is 0 Å². The molecule has 0 aliphatic carbocycles. The van der Waals surface area contributed by atoms with Crippen molar-refractivity contribution in [3.05, 3.63) is 24.3 Å². The van der Waals surface area contributed by atoms with Crippen LogP contribution in [0.2, 0.25) is 0 Å². The van der Waals surface area contributed by atoms with E-state index in [1.165, 1.54) is 23.5 Å². The molecule has 1 heterocycles. The summed E-state index contributed by atoms with van der Waals surface area (Å²) in [5, 5.41) is 0. The van der Waals surface area contributed by atoms with Gasteiger partial charge in [0.25, 0.3) is 0 Å². The first-order valence-electron chi connectivity index (χ1n) is 8.20. The Kier molecular flexibility index (Phi) is 6.34. The van der Waals surface area contributed by atoms with E-state index in [9.17, 15) is 21.6 Å². The van der Waals surface area contributed by atoms with Crippen molar-refractivity contribution in [1.29, 1.82) is 0 Å². The van der Waals surface area contributed by atoms with Crippen molar-refractivity contribution in [2.45, 2.75) is 43.5 Å². The van der Waals surface area contributed by atoms with Gasteiger partial charge in [0.1, 0.15) is 10.6 Å². The average Bonchev–Trinajstić information content (AvgIpc) is 2.54. The lowest BCUT2D eigenvalue weighted by Crippen LogP contribution is -2.45. The first kappa shape index (κ1) is 20.0. The maximum atomic E-state index is 12.8. The molecule has 1 aromatic rings. The highest BCUT2D eigenvalue weighted by Crippen LogP contribution is 2.32. The monoisotopic (exact) mass is 380 g/mol. The van der Waals surface area contributed by atoms with Crippen LogP contribution in [0.25, 0.3) is 0 Å². The van der Waals surface area contributed by atoms with Gasteiger partial charge in [-0.25, -0.2) is 8.42 Å². The Hall–Kier alpha value is -1.32. The predicted molar refractivity (Wildman–Crippen MR) is 87.8 cm³/mol. The summed E-state index contributed by atoms with van der Waals surface area (Å²) in [6, 6.07) is 4.60. The Bertz CT molecular complexity index is 671. The number of sulfonamides is 1. The average molecular weight is 380 g/mol. The lowest BCUT2D eigenvalue weighted by atomic mass is 10.1. The minimum atomic E-state index is -4.95. The number of likely N-dealkylation sites (tertiary alicyclic amines) is 1. The molecule has 0 amide bonds. The normalized spacial score (nSPS) is 17.8. The van der Waals surface area contributed by atoms with E-state index >= 15 is 0 Å². The molecule has 0 aromatic heterocycles. The quantitative estimate of drug-likeness (QED) is 0.761. The molecule has 9 heteroatoms. The van der Waals surface area contributed by atoms with Crippen molar-refractivity contribution < 1.29 is 26.3 Å². The van der Waals surface area contributed by atoms with Crippen LogP contribution in [-0.4, -0.2) is 56.7 Å². The Balaban J connectivity index is 2.19. The maximum absolute atomic E-state index is 12.8. The summed E-state index contributed by atoms with van der Waals surface area (Å²) in [5.41, 5.74) is 0. The number of hydrogen-bond acceptors (Lipinski definition) is 4. The maximum Gasteiger partial charge on any atom is 0.573 e. The Morgan fingerprint density at radius 1 is 1.24 bits per heavy atom. The molecule has 0 bridgehead atoms. The van der Waals surface area contributed by atoms with Gasteiger partial charge in [-0.05, 0) is 51.0 Å². The lowest BCUT2D eigenvalue weighted by Gasteiger charge is -2.36. The SMILES string of the molecule is CCCN1CCC(N(C)S(=O)(=O)c2ccccc2OC(F)(F)F)CC1. The number of halogens is 3. The van der Waals surface area contributed by atoms with Crippen molar-refractivity contribution in [3.63, 3.8) is 0 Å². The Morgan fingerprint density at radius 2 is 1.84 bits per heavy atom. The molecular weight excluding hydrogens is 357 g/mol. The van der Waals surface area contributed by atoms with Crippen molar-refractivity contribution in [2.24, 2.45) is 0 Å². The fraction of sp³-hybridized carbons (Fsp3) is 0.625. The number of rotatable bonds is 6. The van der Waals surface area contributed by atoms with E-state index in [-0.39, 0.29) is 6.04 Å². The van der Waals surface area contributed by atoms with Gasteiger partial charge in [0, 0.05) is 13.1 Å². The van der Waals surface area contributed by atoms with Crippen LogP contribution in [0.4, 0.5) is 13.2 Å². The molecule has 0 N–H and O–H groups in total. The standard InChI is InChI=1S/C16H23F3N2O3S/c1-3-10-21-11-8-13(9-12-21)20(2)25(22,23)15-7-5-4-6-14(15)24-16(17,18)19/h4-7,13H,3,8-12H2,1-2H3. The summed E-state index contributed by atoms with van der Waals surface area (Å²) in [6.07, 6.45) is -2.62. The highest BCUT2D eigenvalue weighted by Gasteiger charge is 2.36. The van der Waals surface area contributed by atoms with Gasteiger partial charge < -0.3 is 9.64 Å². The topological polar surface area (TPSA) is 49.9 Å². The molecule has 0 saturated carbocycles. The second-order valence-corrected chi connectivity index (χ2v) is 8.05. The predicted octanol–water partition coefficient (Wildman–Crippen LogP) is 3.08. The van der Waals surface area contributed by atoms with Crippen LogP contribution >= 0.6 is 0 Å². The minimum absolute atomic E-state index is 0.239. The molecule has 0 radical (unpaired) electrons. The Morgan fingerprint density at radius 3 is 2.40 bits per heavy atom. The number of para-hydroxylation sites is 1. The van der Waals surface area contributed by atoms with Crippen LogP contribution in [0.5, 0.6) is 5.75 Å². The number of ether oxygens (including phenoxy) is 1. The Labute approximate surface area is 146 Å². The van der Waals surface area contributed by atoms with E-state index in [1.807, 2.05) is 0 Å². The molecular formula is C16H23F3N2O3S. The molecule has 142 valence electrons. The van der Waals surface area contributed by atoms with Crippen molar-refractivity contribution in [1.82, 2.24) is 9.21 Å². The molecule has 25 heavy (non-hydrogen) atoms. The third-order valence-electron chi connectivity index (χ3n) is 4.34. The van der Waals surface area contributed by atoms with Crippen LogP contribution in [-0.2, 0) is 10.0 Å². The van der Waals surface area contributed by atoms with Gasteiger partial charge in [-0.15, -0.1) is 13.2 Å². The fourth-order valence-electron chi connectivity index (χ4n) is 3.05. The van der Waals surface area contributed by atoms with Gasteiger partial charge in [-0.1, -0.05) is 19.1 Å². The summed E-state index contributed by atoms with van der Waals surface area (Å²) in [7, 11) is -2.67. The van der Waals surface area contributed by atoms with Crippen LogP contribution < -0.4 is 4.74 Å². The van der Waals surface area contributed by atoms with Crippen LogP contribution in [0.3, 0.4) is 0 Å². The van der Waals surface area contributed by atoms with Crippen LogP contribution in [0, 0.1) is 0 Å². The van der Waals surface area contributed by atoms with Gasteiger partial charge >= 0.3 is 6.36 Å². The van der Waals surface area contributed by atoms with Gasteiger partial charge in [0.2, 0.25) is 10.0 Å². The smallest absolute Gasteiger partial charge is 0.404 e. The molecule has 2 rings (SSSR count). The highest BCUT2D eigenvalue weighted by atomic mass is 32.2. The lowest BCUT2D eigenvalue weighted by molar-refractivity contribution is -0.275. The summed E-state index contributed by atoms with van der Waals surface area (Å²) in [5.74, 6) is -0.703.